The Kier molecular flexibility index (Phi) is 10.1. The predicted molar refractivity (Wildman–Crippen MR) is 106 cm³/mol. The van der Waals surface area contributed by atoms with Gasteiger partial charge < -0.3 is 5.11 Å². The van der Waals surface area contributed by atoms with Crippen LogP contribution in [0.3, 0.4) is 0 Å². The first-order chi connectivity index (χ1) is 13.5. The van der Waals surface area contributed by atoms with Gasteiger partial charge in [-0.15, -0.1) is 0 Å². The molecule has 2 aromatic carbocycles. The van der Waals surface area contributed by atoms with Crippen LogP contribution in [-0.2, 0) is 9.59 Å². The molecule has 28 heavy (non-hydrogen) atoms. The Balaban J connectivity index is 0.000000218. The fourth-order valence-electron chi connectivity index (χ4n) is 1.77. The van der Waals surface area contributed by atoms with E-state index < -0.39 is 5.97 Å². The van der Waals surface area contributed by atoms with E-state index in [2.05, 4.69) is 0 Å². The Bertz CT molecular complexity index is 893. The van der Waals surface area contributed by atoms with Gasteiger partial charge in [-0.2, -0.15) is 5.26 Å². The zero-order valence-electron chi connectivity index (χ0n) is 14.9. The van der Waals surface area contributed by atoms with Gasteiger partial charge in [-0.25, -0.2) is 4.79 Å². The van der Waals surface area contributed by atoms with E-state index in [-0.39, 0.29) is 11.8 Å². The second-order valence-corrected chi connectivity index (χ2v) is 5.12. The molecule has 140 valence electrons. The number of aromatic carboxylic acids is 1. The molecule has 0 spiro atoms. The van der Waals surface area contributed by atoms with Gasteiger partial charge in [0, 0.05) is 18.2 Å². The van der Waals surface area contributed by atoms with E-state index >= 15 is 0 Å². The highest BCUT2D eigenvalue weighted by molar-refractivity contribution is 6.12. The number of rotatable bonds is 3. The number of benzene rings is 2. The maximum absolute atomic E-state index is 10.2. The molecule has 1 heterocycles. The number of carbonyl (C=O) groups is 3. The molecule has 0 bridgehead atoms. The van der Waals surface area contributed by atoms with Crippen LogP contribution in [0.5, 0.6) is 0 Å². The van der Waals surface area contributed by atoms with Gasteiger partial charge in [0.05, 0.1) is 11.6 Å². The molecule has 0 saturated carbocycles. The van der Waals surface area contributed by atoms with Crippen molar-refractivity contribution in [1.29, 1.82) is 5.26 Å². The molecule has 0 fully saturated rings. The number of nitriles is 1. The fraction of sp³-hybridized carbons (Fsp3) is 0. The van der Waals surface area contributed by atoms with Crippen LogP contribution in [0.4, 0.5) is 0 Å². The first kappa shape index (κ1) is 21.8. The average Bonchev–Trinajstić information content (AvgIpc) is 3.10. The van der Waals surface area contributed by atoms with Crippen molar-refractivity contribution < 1.29 is 19.5 Å². The summed E-state index contributed by atoms with van der Waals surface area (Å²) in [6, 6.07) is 20.2. The highest BCUT2D eigenvalue weighted by Gasteiger charge is 2.06. The van der Waals surface area contributed by atoms with E-state index in [9.17, 15) is 14.4 Å². The van der Waals surface area contributed by atoms with Crippen molar-refractivity contribution in [3.8, 4) is 6.07 Å². The number of nitrogens with zero attached hydrogens (tertiary/aromatic N) is 1. The number of hydrogen-bond acceptors (Lipinski definition) is 4. The fourth-order valence-corrected chi connectivity index (χ4v) is 1.77. The molecule has 2 aromatic rings. The monoisotopic (exact) mass is 374 g/mol. The summed E-state index contributed by atoms with van der Waals surface area (Å²) in [5.41, 5.74) is 1.47. The lowest BCUT2D eigenvalue weighted by atomic mass is 10.2. The van der Waals surface area contributed by atoms with Gasteiger partial charge in [0.25, 0.3) is 11.8 Å². The van der Waals surface area contributed by atoms with Crippen molar-refractivity contribution in [2.75, 3.05) is 0 Å². The second-order valence-electron chi connectivity index (χ2n) is 5.12. The normalized spacial score (nSPS) is 11.8. The number of allylic oxidation sites excluding steroid dienone is 3. The van der Waals surface area contributed by atoms with Gasteiger partial charge in [0.15, 0.2) is 0 Å². The van der Waals surface area contributed by atoms with Gasteiger partial charge in [-0.05, 0) is 17.7 Å². The highest BCUT2D eigenvalue weighted by Crippen LogP contribution is 2.00. The Morgan fingerprint density at radius 2 is 1.43 bits per heavy atom. The molecular formula is C22H18N2O4. The van der Waals surface area contributed by atoms with Crippen molar-refractivity contribution in [2.45, 2.75) is 0 Å². The second kappa shape index (κ2) is 13.0. The summed E-state index contributed by atoms with van der Waals surface area (Å²) in [5, 5.41) is 18.6. The molecule has 3 rings (SSSR count). The van der Waals surface area contributed by atoms with Gasteiger partial charge in [0.1, 0.15) is 0 Å². The molecule has 2 amide bonds. The first-order valence-electron chi connectivity index (χ1n) is 8.12. The van der Waals surface area contributed by atoms with Crippen molar-refractivity contribution in [3.63, 3.8) is 0 Å². The van der Waals surface area contributed by atoms with Gasteiger partial charge in [0.2, 0.25) is 0 Å². The largest absolute Gasteiger partial charge is 0.478 e. The summed E-state index contributed by atoms with van der Waals surface area (Å²) >= 11 is 0. The van der Waals surface area contributed by atoms with Crippen LogP contribution in [-0.4, -0.2) is 22.9 Å². The molecule has 1 aliphatic rings. The van der Waals surface area contributed by atoms with E-state index in [0.29, 0.717) is 5.56 Å². The average molecular weight is 374 g/mol. The summed E-state index contributed by atoms with van der Waals surface area (Å²) in [5.74, 6) is -1.54. The maximum atomic E-state index is 10.2. The lowest BCUT2D eigenvalue weighted by Gasteiger charge is -1.88. The summed E-state index contributed by atoms with van der Waals surface area (Å²) < 4.78 is 0. The minimum absolute atomic E-state index is 0.329. The number of imide groups is 1. The third kappa shape index (κ3) is 9.91. The van der Waals surface area contributed by atoms with Gasteiger partial charge in [-0.3, -0.25) is 14.9 Å². The number of carboxylic acids is 1. The standard InChI is InChI=1S/C11H9N.C7H6O2.C4H3NO2/c12-10-6-2-5-9-11-7-3-1-4-8-11;8-7(9)6-4-2-1-3-5-6;6-3-1-2-4(7)5-3/h1-9H;1-5H,(H,8,9);1-2H,(H,5,6,7). The lowest BCUT2D eigenvalue weighted by Crippen LogP contribution is -2.19. The van der Waals surface area contributed by atoms with E-state index in [1.807, 2.05) is 53.9 Å². The van der Waals surface area contributed by atoms with Crippen LogP contribution >= 0.6 is 0 Å². The predicted octanol–water partition coefficient (Wildman–Crippen LogP) is 3.36. The minimum Gasteiger partial charge on any atom is -0.478 e. The Morgan fingerprint density at radius 3 is 1.82 bits per heavy atom. The number of amides is 2. The smallest absolute Gasteiger partial charge is 0.335 e. The lowest BCUT2D eigenvalue weighted by molar-refractivity contribution is -0.123. The van der Waals surface area contributed by atoms with E-state index in [1.165, 1.54) is 18.2 Å². The van der Waals surface area contributed by atoms with E-state index in [4.69, 9.17) is 10.4 Å². The van der Waals surface area contributed by atoms with Crippen LogP contribution in [0.1, 0.15) is 15.9 Å². The topological polar surface area (TPSA) is 107 Å². The molecule has 0 unspecified atom stereocenters. The van der Waals surface area contributed by atoms with Crippen LogP contribution < -0.4 is 5.32 Å². The molecule has 6 nitrogen and oxygen atoms in total. The zero-order chi connectivity index (χ0) is 20.6. The third-order valence-corrected chi connectivity index (χ3v) is 3.02. The van der Waals surface area contributed by atoms with Crippen molar-refractivity contribution in [2.24, 2.45) is 0 Å². The molecule has 6 heteroatoms. The molecule has 1 aliphatic heterocycles. The van der Waals surface area contributed by atoms with E-state index in [1.54, 1.807) is 36.4 Å². The minimum atomic E-state index is -0.879. The first-order valence-corrected chi connectivity index (χ1v) is 8.12. The quantitative estimate of drug-likeness (QED) is 0.487. The Morgan fingerprint density at radius 1 is 0.893 bits per heavy atom. The van der Waals surface area contributed by atoms with E-state index in [0.717, 1.165) is 5.56 Å². The molecule has 0 saturated heterocycles. The number of nitrogens with one attached hydrogen (secondary N) is 1. The SMILES string of the molecule is N#CC=CC=Cc1ccccc1.O=C(O)c1ccccc1.O=C1C=CC(=O)N1. The molecule has 0 aliphatic carbocycles. The summed E-state index contributed by atoms with van der Waals surface area (Å²) in [6.07, 6.45) is 9.35. The van der Waals surface area contributed by atoms with Crippen molar-refractivity contribution >= 4 is 23.9 Å². The van der Waals surface area contributed by atoms with Crippen LogP contribution in [0.15, 0.2) is 91.0 Å². The van der Waals surface area contributed by atoms with Crippen LogP contribution in [0.25, 0.3) is 6.08 Å². The number of carboxylic acid groups (broad SMARTS) is 1. The van der Waals surface area contributed by atoms with Crippen molar-refractivity contribution in [3.05, 3.63) is 102 Å². The third-order valence-electron chi connectivity index (χ3n) is 3.02. The molecule has 0 aromatic heterocycles. The Hall–Kier alpha value is -4.24. The van der Waals surface area contributed by atoms with Crippen molar-refractivity contribution in [1.82, 2.24) is 5.32 Å². The zero-order valence-corrected chi connectivity index (χ0v) is 14.9. The molecule has 0 atom stereocenters. The number of hydrogen-bond donors (Lipinski definition) is 2. The van der Waals surface area contributed by atoms with Gasteiger partial charge in [-0.1, -0.05) is 66.8 Å². The summed E-state index contributed by atoms with van der Waals surface area (Å²) in [4.78, 5) is 30.3. The number of carbonyl (C=O) groups excluding carboxylic acids is 2. The van der Waals surface area contributed by atoms with Crippen LogP contribution in [0.2, 0.25) is 0 Å². The Labute approximate surface area is 162 Å². The highest BCUT2D eigenvalue weighted by atomic mass is 16.4. The maximum Gasteiger partial charge on any atom is 0.335 e. The van der Waals surface area contributed by atoms with Gasteiger partial charge >= 0.3 is 5.97 Å². The summed E-state index contributed by atoms with van der Waals surface area (Å²) in [7, 11) is 0. The van der Waals surface area contributed by atoms with Crippen LogP contribution in [0, 0.1) is 11.3 Å². The summed E-state index contributed by atoms with van der Waals surface area (Å²) in [6.45, 7) is 0. The molecular weight excluding hydrogens is 356 g/mol. The molecule has 2 N–H and O–H groups in total. The molecule has 0 radical (unpaired) electrons.